The number of nitrogens with one attached hydrogen (secondary N) is 2. The molecule has 0 spiro atoms. The summed E-state index contributed by atoms with van der Waals surface area (Å²) in [6.45, 7) is 5.15. The van der Waals surface area contributed by atoms with Gasteiger partial charge in [0.05, 0.1) is 22.6 Å². The zero-order valence-corrected chi connectivity index (χ0v) is 25.4. The molecule has 0 radical (unpaired) electrons. The van der Waals surface area contributed by atoms with Crippen LogP contribution in [0.15, 0.2) is 77.3 Å². The molecule has 2 amide bonds. The van der Waals surface area contributed by atoms with E-state index in [0.717, 1.165) is 48.7 Å². The summed E-state index contributed by atoms with van der Waals surface area (Å²) in [6, 6.07) is 21.1. The first-order valence-electron chi connectivity index (χ1n) is 14.4. The Bertz CT molecular complexity index is 1620. The van der Waals surface area contributed by atoms with E-state index in [2.05, 4.69) is 45.3 Å². The van der Waals surface area contributed by atoms with Crippen molar-refractivity contribution in [2.45, 2.75) is 52.0 Å². The van der Waals surface area contributed by atoms with E-state index in [0.29, 0.717) is 33.2 Å². The van der Waals surface area contributed by atoms with Crippen molar-refractivity contribution in [3.8, 4) is 11.1 Å². The smallest absolute Gasteiger partial charge is 0.336 e. The molecule has 4 aromatic carbocycles. The molecule has 3 N–H and O–H groups in total. The highest BCUT2D eigenvalue weighted by Crippen LogP contribution is 2.39. The van der Waals surface area contributed by atoms with Gasteiger partial charge in [-0.25, -0.2) is 14.0 Å². The van der Waals surface area contributed by atoms with Crippen LogP contribution in [0.3, 0.4) is 0 Å². The van der Waals surface area contributed by atoms with Crippen LogP contribution in [0, 0.1) is 11.7 Å². The third kappa shape index (κ3) is 6.59. The predicted molar refractivity (Wildman–Crippen MR) is 172 cm³/mol. The highest BCUT2D eigenvalue weighted by Gasteiger charge is 2.26. The first-order valence-corrected chi connectivity index (χ1v) is 15.2. The number of carboxylic acids is 1. The lowest BCUT2D eigenvalue weighted by Crippen LogP contribution is -2.40. The van der Waals surface area contributed by atoms with Crippen molar-refractivity contribution in [2.24, 2.45) is 5.92 Å². The zero-order chi connectivity index (χ0) is 29.8. The molecule has 1 aliphatic rings. The number of rotatable bonds is 8. The standard InChI is InChI=1S/C34H35BrFN3O3/c1-21(2)20-39(25-9-4-3-5-10-25)31-17-13-23(32-26-11-7-6-8-22(26)12-15-27(32)33(40)41)18-30(31)38-34(42)37-29-16-14-24(35)19-28(29)36/h6-8,11-19,21,25H,3-5,9-10,20H2,1-2H3,(H,40,41)(H2,37,38,42). The van der Waals surface area contributed by atoms with Crippen LogP contribution in [0.4, 0.5) is 26.2 Å². The monoisotopic (exact) mass is 631 g/mol. The Labute approximate surface area is 254 Å². The molecule has 0 atom stereocenters. The van der Waals surface area contributed by atoms with Crippen molar-refractivity contribution < 1.29 is 19.1 Å². The molecule has 0 aliphatic heterocycles. The van der Waals surface area contributed by atoms with Gasteiger partial charge < -0.3 is 20.6 Å². The van der Waals surface area contributed by atoms with Crippen LogP contribution in [0.2, 0.25) is 0 Å². The number of carbonyl (C=O) groups is 2. The molecular weight excluding hydrogens is 597 g/mol. The predicted octanol–water partition coefficient (Wildman–Crippen LogP) is 9.55. The third-order valence-corrected chi connectivity index (χ3v) is 8.25. The second-order valence-corrected chi connectivity index (χ2v) is 12.2. The summed E-state index contributed by atoms with van der Waals surface area (Å²) in [5, 5.41) is 17.4. The number of aromatic carboxylic acids is 1. The van der Waals surface area contributed by atoms with E-state index in [4.69, 9.17) is 0 Å². The van der Waals surface area contributed by atoms with Crippen LogP contribution in [-0.2, 0) is 0 Å². The first kappa shape index (κ1) is 29.6. The molecule has 0 heterocycles. The van der Waals surface area contributed by atoms with Crippen molar-refractivity contribution in [2.75, 3.05) is 22.1 Å². The van der Waals surface area contributed by atoms with Crippen molar-refractivity contribution in [3.63, 3.8) is 0 Å². The van der Waals surface area contributed by atoms with Crippen LogP contribution in [0.25, 0.3) is 21.9 Å². The summed E-state index contributed by atoms with van der Waals surface area (Å²) in [7, 11) is 0. The lowest BCUT2D eigenvalue weighted by molar-refractivity contribution is 0.0698. The number of halogens is 2. The summed E-state index contributed by atoms with van der Waals surface area (Å²) in [4.78, 5) is 28.0. The van der Waals surface area contributed by atoms with Crippen LogP contribution in [0.5, 0.6) is 0 Å². The second kappa shape index (κ2) is 12.9. The minimum absolute atomic E-state index is 0.0574. The Kier molecular flexibility index (Phi) is 9.12. The van der Waals surface area contributed by atoms with E-state index in [1.165, 1.54) is 18.6 Å². The fraction of sp³-hybridized carbons (Fsp3) is 0.294. The van der Waals surface area contributed by atoms with Crippen LogP contribution in [0.1, 0.15) is 56.3 Å². The van der Waals surface area contributed by atoms with Gasteiger partial charge in [-0.15, -0.1) is 0 Å². The normalized spacial score (nSPS) is 13.7. The van der Waals surface area contributed by atoms with Gasteiger partial charge in [-0.3, -0.25) is 0 Å². The summed E-state index contributed by atoms with van der Waals surface area (Å²) >= 11 is 3.25. The molecule has 42 heavy (non-hydrogen) atoms. The van der Waals surface area contributed by atoms with Crippen molar-refractivity contribution >= 4 is 55.8 Å². The van der Waals surface area contributed by atoms with Gasteiger partial charge in [-0.05, 0) is 71.5 Å². The maximum absolute atomic E-state index is 14.6. The quantitative estimate of drug-likeness (QED) is 0.181. The maximum atomic E-state index is 14.6. The molecule has 1 saturated carbocycles. The van der Waals surface area contributed by atoms with Crippen LogP contribution < -0.4 is 15.5 Å². The van der Waals surface area contributed by atoms with E-state index >= 15 is 0 Å². The van der Waals surface area contributed by atoms with Gasteiger partial charge in [0.1, 0.15) is 5.82 Å². The Hall–Kier alpha value is -3.91. The number of fused-ring (bicyclic) bond motifs is 1. The van der Waals surface area contributed by atoms with Gasteiger partial charge in [0.2, 0.25) is 0 Å². The number of hydrogen-bond donors (Lipinski definition) is 3. The summed E-state index contributed by atoms with van der Waals surface area (Å²) in [6.07, 6.45) is 5.66. The maximum Gasteiger partial charge on any atom is 0.336 e. The molecule has 0 saturated heterocycles. The largest absolute Gasteiger partial charge is 0.478 e. The lowest BCUT2D eigenvalue weighted by Gasteiger charge is -2.38. The van der Waals surface area contributed by atoms with E-state index in [-0.39, 0.29) is 11.3 Å². The molecule has 218 valence electrons. The molecular formula is C34H35BrFN3O3. The number of urea groups is 1. The number of amides is 2. The van der Waals surface area contributed by atoms with Gasteiger partial charge in [0.25, 0.3) is 0 Å². The topological polar surface area (TPSA) is 81.7 Å². The number of nitrogens with zero attached hydrogens (tertiary/aromatic N) is 1. The second-order valence-electron chi connectivity index (χ2n) is 11.3. The van der Waals surface area contributed by atoms with Gasteiger partial charge in [0, 0.05) is 22.6 Å². The van der Waals surface area contributed by atoms with Crippen LogP contribution >= 0.6 is 15.9 Å². The summed E-state index contributed by atoms with van der Waals surface area (Å²) in [5.41, 5.74) is 2.90. The SMILES string of the molecule is CC(C)CN(c1ccc(-c2c(C(=O)O)ccc3ccccc23)cc1NC(=O)Nc1ccc(Br)cc1F)C1CCCCC1. The molecule has 1 fully saturated rings. The van der Waals surface area contributed by atoms with Crippen molar-refractivity contribution in [1.29, 1.82) is 0 Å². The highest BCUT2D eigenvalue weighted by molar-refractivity contribution is 9.10. The minimum atomic E-state index is -1.03. The average molecular weight is 633 g/mol. The Morgan fingerprint density at radius 3 is 2.40 bits per heavy atom. The molecule has 6 nitrogen and oxygen atoms in total. The van der Waals surface area contributed by atoms with E-state index < -0.39 is 17.8 Å². The number of benzene rings is 4. The molecule has 1 aliphatic carbocycles. The molecule has 0 bridgehead atoms. The Morgan fingerprint density at radius 1 is 0.952 bits per heavy atom. The summed E-state index contributed by atoms with van der Waals surface area (Å²) < 4.78 is 15.1. The molecule has 0 unspecified atom stereocenters. The van der Waals surface area contributed by atoms with Gasteiger partial charge >= 0.3 is 12.0 Å². The molecule has 4 aromatic rings. The van der Waals surface area contributed by atoms with E-state index in [9.17, 15) is 19.1 Å². The molecule has 5 rings (SSSR count). The Morgan fingerprint density at radius 2 is 1.69 bits per heavy atom. The number of anilines is 3. The van der Waals surface area contributed by atoms with E-state index in [1.54, 1.807) is 12.1 Å². The van der Waals surface area contributed by atoms with Gasteiger partial charge in [-0.1, -0.05) is 85.4 Å². The molecule has 0 aromatic heterocycles. The van der Waals surface area contributed by atoms with Gasteiger partial charge in [-0.2, -0.15) is 0 Å². The van der Waals surface area contributed by atoms with Crippen molar-refractivity contribution in [3.05, 3.63) is 88.6 Å². The first-order chi connectivity index (χ1) is 20.2. The fourth-order valence-corrected chi connectivity index (χ4v) is 6.23. The highest BCUT2D eigenvalue weighted by atomic mass is 79.9. The third-order valence-electron chi connectivity index (χ3n) is 7.76. The lowest BCUT2D eigenvalue weighted by atomic mass is 9.91. The van der Waals surface area contributed by atoms with Crippen LogP contribution in [-0.4, -0.2) is 29.7 Å². The number of carboxylic acid groups (broad SMARTS) is 1. The summed E-state index contributed by atoms with van der Waals surface area (Å²) in [5.74, 6) is -1.21. The Balaban J connectivity index is 1.62. The number of hydrogen-bond acceptors (Lipinski definition) is 3. The van der Waals surface area contributed by atoms with Gasteiger partial charge in [0.15, 0.2) is 0 Å². The average Bonchev–Trinajstić information content (AvgIpc) is 2.97. The van der Waals surface area contributed by atoms with E-state index in [1.807, 2.05) is 48.5 Å². The number of carbonyl (C=O) groups excluding carboxylic acids is 1. The fourth-order valence-electron chi connectivity index (χ4n) is 5.90. The zero-order valence-electron chi connectivity index (χ0n) is 23.8. The molecule has 8 heteroatoms. The van der Waals surface area contributed by atoms with Crippen molar-refractivity contribution in [1.82, 2.24) is 0 Å². The minimum Gasteiger partial charge on any atom is -0.478 e.